The number of nitrogens with zero attached hydrogens (tertiary/aromatic N) is 1. The Labute approximate surface area is 239 Å². The third kappa shape index (κ3) is 8.22. The van der Waals surface area contributed by atoms with Gasteiger partial charge in [0.2, 0.25) is 5.91 Å². The Morgan fingerprint density at radius 1 is 0.975 bits per heavy atom. The molecular formula is C31H44N4O4S. The van der Waals surface area contributed by atoms with Crippen LogP contribution in [-0.2, 0) is 14.8 Å². The van der Waals surface area contributed by atoms with Crippen LogP contribution in [0.25, 0.3) is 0 Å². The van der Waals surface area contributed by atoms with Crippen LogP contribution in [0, 0.1) is 11.8 Å². The molecule has 2 aromatic rings. The van der Waals surface area contributed by atoms with Crippen molar-refractivity contribution in [3.8, 4) is 0 Å². The van der Waals surface area contributed by atoms with E-state index in [1.54, 1.807) is 18.2 Å². The molecule has 8 nitrogen and oxygen atoms in total. The van der Waals surface area contributed by atoms with Gasteiger partial charge in [0.25, 0.3) is 15.9 Å². The Balaban J connectivity index is 1.49. The fourth-order valence-corrected chi connectivity index (χ4v) is 6.47. The summed E-state index contributed by atoms with van der Waals surface area (Å²) in [7, 11) is -1.88. The SMILES string of the molecule is CC(C)CCNc1cc(C(=O)NC(CC(=O)NS(=O)(=O)c2ccccc2)C2CCCCC2)ccc1N(C)C1CC1. The number of hydrogen-bond donors (Lipinski definition) is 3. The molecule has 4 rings (SSSR count). The van der Waals surface area contributed by atoms with E-state index in [-0.39, 0.29) is 23.1 Å². The van der Waals surface area contributed by atoms with Crippen LogP contribution in [0.2, 0.25) is 0 Å². The molecule has 1 unspecified atom stereocenters. The van der Waals surface area contributed by atoms with E-state index < -0.39 is 22.0 Å². The highest BCUT2D eigenvalue weighted by atomic mass is 32.2. The molecule has 3 N–H and O–H groups in total. The molecule has 2 aliphatic rings. The zero-order chi connectivity index (χ0) is 28.7. The smallest absolute Gasteiger partial charge is 0.264 e. The molecule has 0 saturated heterocycles. The summed E-state index contributed by atoms with van der Waals surface area (Å²) in [6.45, 7) is 5.19. The van der Waals surface area contributed by atoms with Gasteiger partial charge < -0.3 is 15.5 Å². The van der Waals surface area contributed by atoms with Crippen LogP contribution in [0.3, 0.4) is 0 Å². The van der Waals surface area contributed by atoms with E-state index in [0.29, 0.717) is 17.5 Å². The summed E-state index contributed by atoms with van der Waals surface area (Å²) in [5, 5.41) is 6.65. The molecule has 2 saturated carbocycles. The van der Waals surface area contributed by atoms with Gasteiger partial charge in [-0.3, -0.25) is 9.59 Å². The summed E-state index contributed by atoms with van der Waals surface area (Å²) in [6, 6.07) is 13.7. The topological polar surface area (TPSA) is 108 Å². The molecule has 0 radical (unpaired) electrons. The highest BCUT2D eigenvalue weighted by molar-refractivity contribution is 7.90. The van der Waals surface area contributed by atoms with E-state index in [9.17, 15) is 18.0 Å². The summed E-state index contributed by atoms with van der Waals surface area (Å²) in [6.07, 6.45) is 8.28. The molecule has 2 fully saturated rings. The van der Waals surface area contributed by atoms with Gasteiger partial charge in [0, 0.05) is 37.7 Å². The van der Waals surface area contributed by atoms with Crippen LogP contribution in [-0.4, -0.2) is 45.9 Å². The van der Waals surface area contributed by atoms with Crippen molar-refractivity contribution in [1.82, 2.24) is 10.0 Å². The third-order valence-corrected chi connectivity index (χ3v) is 9.40. The molecule has 218 valence electrons. The Hall–Kier alpha value is -3.07. The van der Waals surface area contributed by atoms with Crippen molar-refractivity contribution >= 4 is 33.2 Å². The molecule has 2 aliphatic carbocycles. The van der Waals surface area contributed by atoms with Crippen molar-refractivity contribution in [2.45, 2.75) is 88.6 Å². The zero-order valence-electron chi connectivity index (χ0n) is 24.0. The van der Waals surface area contributed by atoms with Crippen molar-refractivity contribution < 1.29 is 18.0 Å². The minimum Gasteiger partial charge on any atom is -0.383 e. The molecule has 0 aromatic heterocycles. The molecule has 0 bridgehead atoms. The summed E-state index contributed by atoms with van der Waals surface area (Å²) in [5.41, 5.74) is 2.54. The lowest BCUT2D eigenvalue weighted by molar-refractivity contribution is -0.120. The average molecular weight is 569 g/mol. The van der Waals surface area contributed by atoms with Crippen LogP contribution in [0.5, 0.6) is 0 Å². The number of benzene rings is 2. The van der Waals surface area contributed by atoms with Crippen LogP contribution < -0.4 is 20.3 Å². The molecule has 0 heterocycles. The normalized spacial score (nSPS) is 16.8. The standard InChI is InChI=1S/C31H44N4O4S/c1-22(2)18-19-32-28-20-24(14-17-29(28)35(3)25-15-16-25)31(37)33-27(23-10-6-4-7-11-23)21-30(36)34-40(38,39)26-12-8-5-9-13-26/h5,8-9,12-14,17,20,22-23,25,27,32H,4,6-7,10-11,15-16,18-19,21H2,1-3H3,(H,33,37)(H,34,36). The first-order valence-corrected chi connectivity index (χ1v) is 16.1. The third-order valence-electron chi connectivity index (χ3n) is 8.01. The number of carbonyl (C=O) groups is 2. The summed E-state index contributed by atoms with van der Waals surface area (Å²) in [5.74, 6) is -0.178. The van der Waals surface area contributed by atoms with Gasteiger partial charge in [-0.05, 0) is 74.3 Å². The second kappa shape index (κ2) is 13.5. The highest BCUT2D eigenvalue weighted by Gasteiger charge is 2.31. The summed E-state index contributed by atoms with van der Waals surface area (Å²) < 4.78 is 27.6. The molecular weight excluding hydrogens is 524 g/mol. The van der Waals surface area contributed by atoms with Crippen LogP contribution in [0.1, 0.15) is 82.0 Å². The van der Waals surface area contributed by atoms with Crippen LogP contribution >= 0.6 is 0 Å². The second-order valence-electron chi connectivity index (χ2n) is 11.7. The van der Waals surface area contributed by atoms with Gasteiger partial charge in [-0.2, -0.15) is 0 Å². The lowest BCUT2D eigenvalue weighted by atomic mass is 9.82. The second-order valence-corrected chi connectivity index (χ2v) is 13.4. The van der Waals surface area contributed by atoms with Gasteiger partial charge in [0.15, 0.2) is 0 Å². The van der Waals surface area contributed by atoms with Crippen LogP contribution in [0.4, 0.5) is 11.4 Å². The van der Waals surface area contributed by atoms with E-state index in [4.69, 9.17) is 0 Å². The highest BCUT2D eigenvalue weighted by Crippen LogP contribution is 2.35. The van der Waals surface area contributed by atoms with Crippen LogP contribution in [0.15, 0.2) is 53.4 Å². The maximum absolute atomic E-state index is 13.5. The average Bonchev–Trinajstić information content (AvgIpc) is 3.78. The number of amides is 2. The van der Waals surface area contributed by atoms with E-state index in [2.05, 4.69) is 41.2 Å². The molecule has 0 spiro atoms. The molecule has 2 aromatic carbocycles. The van der Waals surface area contributed by atoms with Crippen molar-refractivity contribution in [2.75, 3.05) is 23.8 Å². The number of nitrogens with one attached hydrogen (secondary N) is 3. The fourth-order valence-electron chi connectivity index (χ4n) is 5.45. The lowest BCUT2D eigenvalue weighted by Gasteiger charge is -2.31. The number of rotatable bonds is 13. The Morgan fingerprint density at radius 3 is 2.33 bits per heavy atom. The van der Waals surface area contributed by atoms with E-state index in [0.717, 1.165) is 56.4 Å². The van der Waals surface area contributed by atoms with Crippen molar-refractivity contribution in [2.24, 2.45) is 11.8 Å². The Morgan fingerprint density at radius 2 is 1.68 bits per heavy atom. The zero-order valence-corrected chi connectivity index (χ0v) is 24.8. The number of sulfonamides is 1. The van der Waals surface area contributed by atoms with E-state index >= 15 is 0 Å². The van der Waals surface area contributed by atoms with Crippen molar-refractivity contribution in [1.29, 1.82) is 0 Å². The molecule has 2 amide bonds. The predicted octanol–water partition coefficient (Wildman–Crippen LogP) is 5.32. The van der Waals surface area contributed by atoms with Gasteiger partial charge in [-0.25, -0.2) is 13.1 Å². The van der Waals surface area contributed by atoms with Gasteiger partial charge in [-0.1, -0.05) is 51.3 Å². The monoisotopic (exact) mass is 568 g/mol. The quantitative estimate of drug-likeness (QED) is 0.302. The fraction of sp³-hybridized carbons (Fsp3) is 0.548. The molecule has 9 heteroatoms. The summed E-state index contributed by atoms with van der Waals surface area (Å²) >= 11 is 0. The molecule has 1 atom stereocenters. The Kier molecular flexibility index (Phi) is 10.1. The first-order chi connectivity index (χ1) is 19.1. The van der Waals surface area contributed by atoms with Gasteiger partial charge in [0.1, 0.15) is 0 Å². The van der Waals surface area contributed by atoms with Gasteiger partial charge in [0.05, 0.1) is 16.3 Å². The van der Waals surface area contributed by atoms with Gasteiger partial charge >= 0.3 is 0 Å². The first kappa shape index (κ1) is 29.9. The molecule has 0 aliphatic heterocycles. The minimum atomic E-state index is -3.98. The first-order valence-electron chi connectivity index (χ1n) is 14.7. The maximum Gasteiger partial charge on any atom is 0.264 e. The van der Waals surface area contributed by atoms with Gasteiger partial charge in [-0.15, -0.1) is 0 Å². The number of anilines is 2. The minimum absolute atomic E-state index is 0.0374. The van der Waals surface area contributed by atoms with Crippen molar-refractivity contribution in [3.63, 3.8) is 0 Å². The van der Waals surface area contributed by atoms with Crippen molar-refractivity contribution in [3.05, 3.63) is 54.1 Å². The molecule has 40 heavy (non-hydrogen) atoms. The maximum atomic E-state index is 13.5. The largest absolute Gasteiger partial charge is 0.383 e. The Bertz CT molecular complexity index is 1260. The predicted molar refractivity (Wildman–Crippen MR) is 160 cm³/mol. The summed E-state index contributed by atoms with van der Waals surface area (Å²) in [4.78, 5) is 28.8. The lowest BCUT2D eigenvalue weighted by Crippen LogP contribution is -2.45. The number of carbonyl (C=O) groups excluding carboxylic acids is 2. The number of hydrogen-bond acceptors (Lipinski definition) is 6. The van der Waals surface area contributed by atoms with E-state index in [1.165, 1.54) is 25.0 Å². The van der Waals surface area contributed by atoms with E-state index in [1.807, 2.05) is 18.2 Å².